The zero-order valence-corrected chi connectivity index (χ0v) is 10.4. The van der Waals surface area contributed by atoms with Crippen molar-refractivity contribution in [1.29, 1.82) is 0 Å². The maximum atomic E-state index is 11.8. The summed E-state index contributed by atoms with van der Waals surface area (Å²) >= 11 is 0. The minimum atomic E-state index is -0.268. The fourth-order valence-electron chi connectivity index (χ4n) is 1.53. The van der Waals surface area contributed by atoms with Crippen molar-refractivity contribution >= 4 is 0 Å². The SMILES string of the molecule is Cc1ccc(CN)cc1Oc1nccn(C)c1=O. The second-order valence-electron chi connectivity index (χ2n) is 4.05. The van der Waals surface area contributed by atoms with Gasteiger partial charge in [0.25, 0.3) is 5.88 Å². The molecule has 2 N–H and O–H groups in total. The van der Waals surface area contributed by atoms with Crippen LogP contribution in [0, 0.1) is 6.92 Å². The van der Waals surface area contributed by atoms with Gasteiger partial charge in [-0.05, 0) is 24.1 Å². The standard InChI is InChI=1S/C13H15N3O2/c1-9-3-4-10(8-14)7-11(9)18-12-13(17)16(2)6-5-15-12/h3-7H,8,14H2,1-2H3. The molecule has 0 saturated carbocycles. The minimum absolute atomic E-state index is 0.0669. The molecule has 2 rings (SSSR count). The topological polar surface area (TPSA) is 70.1 Å². The van der Waals surface area contributed by atoms with Crippen molar-refractivity contribution in [1.82, 2.24) is 9.55 Å². The molecule has 0 aliphatic rings. The van der Waals surface area contributed by atoms with Gasteiger partial charge < -0.3 is 15.0 Å². The molecule has 0 amide bonds. The van der Waals surface area contributed by atoms with Crippen LogP contribution >= 0.6 is 0 Å². The van der Waals surface area contributed by atoms with Gasteiger partial charge in [-0.3, -0.25) is 4.79 Å². The Morgan fingerprint density at radius 1 is 1.44 bits per heavy atom. The summed E-state index contributed by atoms with van der Waals surface area (Å²) < 4.78 is 6.98. The number of nitrogens with two attached hydrogens (primary N) is 1. The second-order valence-corrected chi connectivity index (χ2v) is 4.05. The van der Waals surface area contributed by atoms with E-state index in [2.05, 4.69) is 4.98 Å². The van der Waals surface area contributed by atoms with E-state index in [-0.39, 0.29) is 11.4 Å². The number of aromatic nitrogens is 2. The van der Waals surface area contributed by atoms with Crippen LogP contribution in [0.15, 0.2) is 35.4 Å². The molecule has 0 saturated heterocycles. The van der Waals surface area contributed by atoms with Crippen molar-refractivity contribution < 1.29 is 4.74 Å². The number of ether oxygens (including phenoxy) is 1. The lowest BCUT2D eigenvalue weighted by Gasteiger charge is -2.09. The van der Waals surface area contributed by atoms with Gasteiger partial charge in [-0.15, -0.1) is 0 Å². The van der Waals surface area contributed by atoms with E-state index in [9.17, 15) is 4.79 Å². The number of nitrogens with zero attached hydrogens (tertiary/aromatic N) is 2. The Morgan fingerprint density at radius 3 is 2.94 bits per heavy atom. The highest BCUT2D eigenvalue weighted by molar-refractivity contribution is 5.38. The molecule has 0 bridgehead atoms. The van der Waals surface area contributed by atoms with Crippen LogP contribution in [-0.2, 0) is 13.6 Å². The Labute approximate surface area is 105 Å². The Bertz CT molecular complexity index is 620. The van der Waals surface area contributed by atoms with Crippen molar-refractivity contribution in [3.8, 4) is 11.6 Å². The number of rotatable bonds is 3. The fraction of sp³-hybridized carbons (Fsp3) is 0.231. The molecule has 94 valence electrons. The van der Waals surface area contributed by atoms with E-state index in [0.717, 1.165) is 11.1 Å². The Kier molecular flexibility index (Phi) is 3.43. The van der Waals surface area contributed by atoms with E-state index in [0.29, 0.717) is 12.3 Å². The van der Waals surface area contributed by atoms with Gasteiger partial charge >= 0.3 is 5.56 Å². The van der Waals surface area contributed by atoms with Crippen molar-refractivity contribution in [2.75, 3.05) is 0 Å². The van der Waals surface area contributed by atoms with Gasteiger partial charge in [0.15, 0.2) is 0 Å². The molecule has 18 heavy (non-hydrogen) atoms. The lowest BCUT2D eigenvalue weighted by atomic mass is 10.1. The van der Waals surface area contributed by atoms with Crippen LogP contribution in [-0.4, -0.2) is 9.55 Å². The fourth-order valence-corrected chi connectivity index (χ4v) is 1.53. The van der Waals surface area contributed by atoms with Gasteiger partial charge in [0, 0.05) is 26.0 Å². The highest BCUT2D eigenvalue weighted by Crippen LogP contribution is 2.22. The summed E-state index contributed by atoms with van der Waals surface area (Å²) in [5, 5.41) is 0. The van der Waals surface area contributed by atoms with Crippen LogP contribution in [0.25, 0.3) is 0 Å². The van der Waals surface area contributed by atoms with Crippen molar-refractivity contribution in [2.24, 2.45) is 12.8 Å². The molecule has 1 aromatic carbocycles. The van der Waals surface area contributed by atoms with E-state index in [1.807, 2.05) is 25.1 Å². The molecule has 1 heterocycles. The van der Waals surface area contributed by atoms with Crippen molar-refractivity contribution in [3.05, 3.63) is 52.1 Å². The molecular formula is C13H15N3O2. The molecule has 0 atom stereocenters. The lowest BCUT2D eigenvalue weighted by molar-refractivity contribution is 0.445. The number of aryl methyl sites for hydroxylation is 2. The average Bonchev–Trinajstić information content (AvgIpc) is 2.37. The first-order valence-electron chi connectivity index (χ1n) is 5.61. The molecule has 0 aliphatic heterocycles. The van der Waals surface area contributed by atoms with Gasteiger partial charge in [-0.1, -0.05) is 12.1 Å². The van der Waals surface area contributed by atoms with Crippen LogP contribution in [0.1, 0.15) is 11.1 Å². The highest BCUT2D eigenvalue weighted by atomic mass is 16.5. The Hall–Kier alpha value is -2.14. The van der Waals surface area contributed by atoms with E-state index in [1.165, 1.54) is 10.8 Å². The third kappa shape index (κ3) is 2.41. The first-order valence-corrected chi connectivity index (χ1v) is 5.61. The van der Waals surface area contributed by atoms with Crippen LogP contribution in [0.2, 0.25) is 0 Å². The van der Waals surface area contributed by atoms with Gasteiger partial charge in [0.1, 0.15) is 5.75 Å². The molecule has 1 aromatic heterocycles. The third-order valence-corrected chi connectivity index (χ3v) is 2.68. The minimum Gasteiger partial charge on any atom is -0.434 e. The monoisotopic (exact) mass is 245 g/mol. The van der Waals surface area contributed by atoms with Crippen LogP contribution < -0.4 is 16.0 Å². The predicted molar refractivity (Wildman–Crippen MR) is 68.6 cm³/mol. The summed E-state index contributed by atoms with van der Waals surface area (Å²) in [5.41, 5.74) is 7.19. The first kappa shape index (κ1) is 12.3. The molecule has 0 spiro atoms. The number of benzene rings is 1. The molecule has 0 fully saturated rings. The van der Waals surface area contributed by atoms with Crippen molar-refractivity contribution in [2.45, 2.75) is 13.5 Å². The third-order valence-electron chi connectivity index (χ3n) is 2.68. The molecule has 5 heteroatoms. The van der Waals surface area contributed by atoms with E-state index in [4.69, 9.17) is 10.5 Å². The molecule has 0 unspecified atom stereocenters. The molecular weight excluding hydrogens is 230 g/mol. The Morgan fingerprint density at radius 2 is 2.22 bits per heavy atom. The molecule has 0 radical (unpaired) electrons. The lowest BCUT2D eigenvalue weighted by Crippen LogP contribution is -2.18. The zero-order valence-electron chi connectivity index (χ0n) is 10.4. The number of hydrogen-bond donors (Lipinski definition) is 1. The smallest absolute Gasteiger partial charge is 0.313 e. The summed E-state index contributed by atoms with van der Waals surface area (Å²) in [4.78, 5) is 15.7. The number of hydrogen-bond acceptors (Lipinski definition) is 4. The van der Waals surface area contributed by atoms with Crippen LogP contribution in [0.5, 0.6) is 11.6 Å². The van der Waals surface area contributed by atoms with Gasteiger partial charge in [-0.2, -0.15) is 0 Å². The molecule has 2 aromatic rings. The van der Waals surface area contributed by atoms with Crippen molar-refractivity contribution in [3.63, 3.8) is 0 Å². The first-order chi connectivity index (χ1) is 8.61. The highest BCUT2D eigenvalue weighted by Gasteiger charge is 2.08. The molecule has 0 aliphatic carbocycles. The van der Waals surface area contributed by atoms with Gasteiger partial charge in [0.2, 0.25) is 0 Å². The summed E-state index contributed by atoms with van der Waals surface area (Å²) in [5.74, 6) is 0.672. The quantitative estimate of drug-likeness (QED) is 0.885. The summed E-state index contributed by atoms with van der Waals surface area (Å²) in [6.07, 6.45) is 3.11. The van der Waals surface area contributed by atoms with Gasteiger partial charge in [-0.25, -0.2) is 4.98 Å². The molecule has 5 nitrogen and oxygen atoms in total. The normalized spacial score (nSPS) is 10.4. The predicted octanol–water partition coefficient (Wildman–Crippen LogP) is 1.34. The van der Waals surface area contributed by atoms with Crippen LogP contribution in [0.4, 0.5) is 0 Å². The summed E-state index contributed by atoms with van der Waals surface area (Å²) in [7, 11) is 1.65. The Balaban J connectivity index is 2.39. The average molecular weight is 245 g/mol. The summed E-state index contributed by atoms with van der Waals surface area (Å²) in [6.45, 7) is 2.33. The summed E-state index contributed by atoms with van der Waals surface area (Å²) in [6, 6.07) is 5.66. The van der Waals surface area contributed by atoms with E-state index in [1.54, 1.807) is 13.2 Å². The van der Waals surface area contributed by atoms with Gasteiger partial charge in [0.05, 0.1) is 0 Å². The largest absolute Gasteiger partial charge is 0.434 e. The maximum absolute atomic E-state index is 11.8. The maximum Gasteiger partial charge on any atom is 0.313 e. The second kappa shape index (κ2) is 5.01. The van der Waals surface area contributed by atoms with E-state index < -0.39 is 0 Å². The van der Waals surface area contributed by atoms with E-state index >= 15 is 0 Å². The van der Waals surface area contributed by atoms with Crippen LogP contribution in [0.3, 0.4) is 0 Å². The zero-order chi connectivity index (χ0) is 13.1.